The summed E-state index contributed by atoms with van der Waals surface area (Å²) in [5.74, 6) is -1.04. The highest BCUT2D eigenvalue weighted by molar-refractivity contribution is 5.85. The molecule has 0 heterocycles. The van der Waals surface area contributed by atoms with Gasteiger partial charge in [-0.25, -0.2) is 0 Å². The van der Waals surface area contributed by atoms with Gasteiger partial charge in [0.15, 0.2) is 5.75 Å². The van der Waals surface area contributed by atoms with Gasteiger partial charge in [0, 0.05) is 11.1 Å². The molecule has 0 aliphatic heterocycles. The smallest absolute Gasteiger partial charge is 0.407 e. The van der Waals surface area contributed by atoms with Crippen LogP contribution in [0.3, 0.4) is 0 Å². The second-order valence-corrected chi connectivity index (χ2v) is 3.45. The van der Waals surface area contributed by atoms with Crippen molar-refractivity contribution in [2.45, 2.75) is 19.1 Å². The Hall–Kier alpha value is -1.54. The van der Waals surface area contributed by atoms with Gasteiger partial charge in [-0.05, 0) is 6.92 Å². The molecule has 0 bridgehead atoms. The highest BCUT2D eigenvalue weighted by Crippen LogP contribution is 2.40. The maximum Gasteiger partial charge on any atom is 0.407 e. The van der Waals surface area contributed by atoms with Gasteiger partial charge in [0.2, 0.25) is 0 Å². The zero-order chi connectivity index (χ0) is 13.4. The summed E-state index contributed by atoms with van der Waals surface area (Å²) in [6, 6.07) is -0.420. The van der Waals surface area contributed by atoms with E-state index in [1.54, 1.807) is 0 Å². The van der Waals surface area contributed by atoms with Gasteiger partial charge in [-0.2, -0.15) is 13.2 Å². The summed E-state index contributed by atoms with van der Waals surface area (Å²) in [4.78, 5) is 9.64. The van der Waals surface area contributed by atoms with Crippen LogP contribution in [0, 0.1) is 17.0 Å². The predicted octanol–water partition coefficient (Wildman–Crippen LogP) is 2.59. The molecular formula is C9H10ClF3N2O3. The minimum atomic E-state index is -4.78. The molecule has 1 rings (SSSR count). The average molecular weight is 287 g/mol. The highest BCUT2D eigenvalue weighted by atomic mass is 35.5. The first-order valence-electron chi connectivity index (χ1n) is 4.45. The van der Waals surface area contributed by atoms with Crippen LogP contribution in [0.15, 0.2) is 12.1 Å². The molecule has 1 aromatic rings. The number of nitro benzene ring substituents is 1. The van der Waals surface area contributed by atoms with Gasteiger partial charge < -0.3 is 10.8 Å². The number of phenols is 1. The van der Waals surface area contributed by atoms with E-state index in [1.165, 1.54) is 6.92 Å². The van der Waals surface area contributed by atoms with Crippen molar-refractivity contribution in [2.75, 3.05) is 0 Å². The number of aryl methyl sites for hydroxylation is 1. The second kappa shape index (κ2) is 5.40. The van der Waals surface area contributed by atoms with Crippen LogP contribution in [0.1, 0.15) is 17.2 Å². The molecule has 0 aliphatic rings. The SMILES string of the molecule is Cc1ccc([C@@H](N)C(F)(F)F)c(O)c1[N+](=O)[O-].Cl. The Balaban J connectivity index is 0.00000289. The van der Waals surface area contributed by atoms with Crippen LogP contribution in [0.4, 0.5) is 18.9 Å². The minimum absolute atomic E-state index is 0. The summed E-state index contributed by atoms with van der Waals surface area (Å²) in [5, 5.41) is 20.0. The number of nitrogens with zero attached hydrogens (tertiary/aromatic N) is 1. The van der Waals surface area contributed by atoms with Gasteiger partial charge in [0.25, 0.3) is 0 Å². The third kappa shape index (κ3) is 3.02. The lowest BCUT2D eigenvalue weighted by molar-refractivity contribution is -0.386. The van der Waals surface area contributed by atoms with E-state index in [1.807, 2.05) is 0 Å². The lowest BCUT2D eigenvalue weighted by Crippen LogP contribution is -2.28. The Morgan fingerprint density at radius 3 is 2.33 bits per heavy atom. The first-order chi connectivity index (χ1) is 7.66. The molecule has 0 aromatic heterocycles. The van der Waals surface area contributed by atoms with Gasteiger partial charge in [-0.15, -0.1) is 12.4 Å². The second-order valence-electron chi connectivity index (χ2n) is 3.45. The fourth-order valence-electron chi connectivity index (χ4n) is 1.35. The topological polar surface area (TPSA) is 89.4 Å². The number of rotatable bonds is 2. The van der Waals surface area contributed by atoms with Crippen LogP contribution >= 0.6 is 12.4 Å². The van der Waals surface area contributed by atoms with Crippen LogP contribution in [-0.2, 0) is 0 Å². The molecule has 0 spiro atoms. The number of aromatic hydroxyl groups is 1. The van der Waals surface area contributed by atoms with Crippen LogP contribution in [0.5, 0.6) is 5.75 Å². The molecule has 5 nitrogen and oxygen atoms in total. The zero-order valence-electron chi connectivity index (χ0n) is 9.06. The maximum atomic E-state index is 12.3. The van der Waals surface area contributed by atoms with E-state index in [0.717, 1.165) is 12.1 Å². The van der Waals surface area contributed by atoms with E-state index < -0.39 is 34.1 Å². The number of hydrogen-bond donors (Lipinski definition) is 2. The van der Waals surface area contributed by atoms with E-state index >= 15 is 0 Å². The third-order valence-corrected chi connectivity index (χ3v) is 2.25. The van der Waals surface area contributed by atoms with E-state index in [-0.39, 0.29) is 18.0 Å². The molecule has 0 radical (unpaired) electrons. The van der Waals surface area contributed by atoms with Crippen molar-refractivity contribution in [3.63, 3.8) is 0 Å². The Kier molecular flexibility index (Phi) is 4.94. The Morgan fingerprint density at radius 2 is 1.94 bits per heavy atom. The molecule has 18 heavy (non-hydrogen) atoms. The highest BCUT2D eigenvalue weighted by Gasteiger charge is 2.40. The normalized spacial score (nSPS) is 12.7. The Labute approximate surface area is 106 Å². The monoisotopic (exact) mass is 286 g/mol. The molecule has 0 unspecified atom stereocenters. The summed E-state index contributed by atoms with van der Waals surface area (Å²) >= 11 is 0. The summed E-state index contributed by atoms with van der Waals surface area (Å²) < 4.78 is 37.0. The van der Waals surface area contributed by atoms with Gasteiger partial charge in [-0.1, -0.05) is 12.1 Å². The maximum absolute atomic E-state index is 12.3. The van der Waals surface area contributed by atoms with Crippen molar-refractivity contribution in [1.29, 1.82) is 0 Å². The standard InChI is InChI=1S/C9H9F3N2O3.ClH/c1-4-2-3-5(8(13)9(10,11)12)7(15)6(4)14(16)17;/h2-3,8,15H,13H2,1H3;1H/t8-;/m1./s1. The fourth-order valence-corrected chi connectivity index (χ4v) is 1.35. The number of hydrogen-bond acceptors (Lipinski definition) is 4. The first kappa shape index (κ1) is 16.5. The molecule has 0 aliphatic carbocycles. The average Bonchev–Trinajstić information content (AvgIpc) is 2.15. The molecule has 9 heteroatoms. The van der Waals surface area contributed by atoms with E-state index in [9.17, 15) is 28.4 Å². The van der Waals surface area contributed by atoms with Crippen molar-refractivity contribution >= 4 is 18.1 Å². The van der Waals surface area contributed by atoms with E-state index in [2.05, 4.69) is 0 Å². The summed E-state index contributed by atoms with van der Waals surface area (Å²) in [5.41, 5.74) is 3.47. The molecule has 0 saturated heterocycles. The number of nitrogens with two attached hydrogens (primary N) is 1. The fraction of sp³-hybridized carbons (Fsp3) is 0.333. The minimum Gasteiger partial charge on any atom is -0.502 e. The molecule has 1 aromatic carbocycles. The molecule has 0 fully saturated rings. The van der Waals surface area contributed by atoms with Crippen molar-refractivity contribution < 1.29 is 23.2 Å². The lowest BCUT2D eigenvalue weighted by atomic mass is 10.0. The first-order valence-corrected chi connectivity index (χ1v) is 4.45. The zero-order valence-corrected chi connectivity index (χ0v) is 9.88. The third-order valence-electron chi connectivity index (χ3n) is 2.25. The predicted molar refractivity (Wildman–Crippen MR) is 59.7 cm³/mol. The van der Waals surface area contributed by atoms with Crippen molar-refractivity contribution in [3.05, 3.63) is 33.4 Å². The van der Waals surface area contributed by atoms with Crippen molar-refractivity contribution in [1.82, 2.24) is 0 Å². The number of alkyl halides is 3. The summed E-state index contributed by atoms with van der Waals surface area (Å²) in [7, 11) is 0. The number of halogens is 4. The van der Waals surface area contributed by atoms with Crippen molar-refractivity contribution in [2.24, 2.45) is 5.73 Å². The van der Waals surface area contributed by atoms with E-state index in [0.29, 0.717) is 0 Å². The molecular weight excluding hydrogens is 277 g/mol. The van der Waals surface area contributed by atoms with Gasteiger partial charge in [-0.3, -0.25) is 10.1 Å². The Bertz CT molecular complexity index is 465. The van der Waals surface area contributed by atoms with Crippen LogP contribution in [-0.4, -0.2) is 16.2 Å². The van der Waals surface area contributed by atoms with Gasteiger partial charge >= 0.3 is 11.9 Å². The number of phenolic OH excluding ortho intramolecular Hbond substituents is 1. The number of nitro groups is 1. The molecule has 3 N–H and O–H groups in total. The van der Waals surface area contributed by atoms with E-state index in [4.69, 9.17) is 5.73 Å². The lowest BCUT2D eigenvalue weighted by Gasteiger charge is -2.17. The van der Waals surface area contributed by atoms with Crippen molar-refractivity contribution in [3.8, 4) is 5.75 Å². The number of benzene rings is 1. The Morgan fingerprint density at radius 1 is 1.44 bits per heavy atom. The quantitative estimate of drug-likeness (QED) is 0.646. The summed E-state index contributed by atoms with van der Waals surface area (Å²) in [6.45, 7) is 1.31. The van der Waals surface area contributed by atoms with Gasteiger partial charge in [0.1, 0.15) is 6.04 Å². The molecule has 1 atom stereocenters. The van der Waals surface area contributed by atoms with Gasteiger partial charge in [0.05, 0.1) is 4.92 Å². The van der Waals surface area contributed by atoms with Crippen LogP contribution < -0.4 is 5.73 Å². The molecule has 0 saturated carbocycles. The molecule has 102 valence electrons. The van der Waals surface area contributed by atoms with Crippen LogP contribution in [0.25, 0.3) is 0 Å². The summed E-state index contributed by atoms with van der Waals surface area (Å²) in [6.07, 6.45) is -4.78. The largest absolute Gasteiger partial charge is 0.502 e. The van der Waals surface area contributed by atoms with Crippen LogP contribution in [0.2, 0.25) is 0 Å². The molecule has 0 amide bonds.